The normalized spacial score (nSPS) is 11.5. The molecule has 1 N–H and O–H groups in total. The Hall–Kier alpha value is -3.81. The number of carbonyl (C=O) groups excluding carboxylic acids is 1. The summed E-state index contributed by atoms with van der Waals surface area (Å²) in [4.78, 5) is 16.6. The molecule has 2 heterocycles. The quantitative estimate of drug-likeness (QED) is 0.480. The van der Waals surface area contributed by atoms with Gasteiger partial charge in [-0.2, -0.15) is 13.2 Å². The summed E-state index contributed by atoms with van der Waals surface area (Å²) in [6, 6.07) is 18.7. The zero-order valence-corrected chi connectivity index (χ0v) is 16.3. The lowest BCUT2D eigenvalue weighted by atomic mass is 10.2. The first-order chi connectivity index (χ1) is 14.9. The Bertz CT molecular complexity index is 1190. The first-order valence-corrected chi connectivity index (χ1v) is 9.48. The Kier molecular flexibility index (Phi) is 5.62. The number of halogens is 3. The maximum absolute atomic E-state index is 12.8. The van der Waals surface area contributed by atoms with Crippen LogP contribution in [0.2, 0.25) is 0 Å². The molecule has 0 aliphatic heterocycles. The fourth-order valence-corrected chi connectivity index (χ4v) is 3.01. The largest absolute Gasteiger partial charge is 0.489 e. The van der Waals surface area contributed by atoms with Crippen LogP contribution in [0.1, 0.15) is 27.2 Å². The third-order valence-corrected chi connectivity index (χ3v) is 4.62. The van der Waals surface area contributed by atoms with E-state index in [0.717, 1.165) is 17.8 Å². The number of hydrogen-bond acceptors (Lipinski definition) is 3. The van der Waals surface area contributed by atoms with E-state index in [0.29, 0.717) is 29.3 Å². The SMILES string of the molecule is O=C(NCc1cn2cc(C(F)(F)F)ccc2n1)c1ccc(OCc2ccccc2)cc1. The number of imidazole rings is 1. The van der Waals surface area contributed by atoms with E-state index in [1.54, 1.807) is 24.3 Å². The van der Waals surface area contributed by atoms with E-state index in [1.807, 2.05) is 30.3 Å². The number of fused-ring (bicyclic) bond motifs is 1. The van der Waals surface area contributed by atoms with Crippen molar-refractivity contribution in [1.29, 1.82) is 0 Å². The predicted octanol–water partition coefficient (Wildman–Crippen LogP) is 4.86. The van der Waals surface area contributed by atoms with Crippen molar-refractivity contribution in [2.75, 3.05) is 0 Å². The highest BCUT2D eigenvalue weighted by molar-refractivity contribution is 5.94. The molecule has 1 amide bonds. The smallest absolute Gasteiger partial charge is 0.417 e. The molecule has 2 aromatic carbocycles. The third kappa shape index (κ3) is 5.03. The van der Waals surface area contributed by atoms with E-state index in [4.69, 9.17) is 4.74 Å². The molecular weight excluding hydrogens is 407 g/mol. The molecule has 0 saturated carbocycles. The van der Waals surface area contributed by atoms with Crippen LogP contribution < -0.4 is 10.1 Å². The predicted molar refractivity (Wildman–Crippen MR) is 109 cm³/mol. The summed E-state index contributed by atoms with van der Waals surface area (Å²) in [5.74, 6) is 0.323. The second-order valence-corrected chi connectivity index (χ2v) is 6.89. The summed E-state index contributed by atoms with van der Waals surface area (Å²) in [6.07, 6.45) is -1.99. The summed E-state index contributed by atoms with van der Waals surface area (Å²) < 4.78 is 45.5. The Labute approximate surface area is 176 Å². The van der Waals surface area contributed by atoms with Crippen molar-refractivity contribution in [3.63, 3.8) is 0 Å². The van der Waals surface area contributed by atoms with Gasteiger partial charge >= 0.3 is 6.18 Å². The summed E-state index contributed by atoms with van der Waals surface area (Å²) in [5.41, 5.74) is 1.55. The molecule has 31 heavy (non-hydrogen) atoms. The molecule has 0 spiro atoms. The average molecular weight is 425 g/mol. The molecule has 0 saturated heterocycles. The topological polar surface area (TPSA) is 55.6 Å². The van der Waals surface area contributed by atoms with Gasteiger partial charge in [-0.05, 0) is 42.0 Å². The second-order valence-electron chi connectivity index (χ2n) is 6.89. The highest BCUT2D eigenvalue weighted by atomic mass is 19.4. The van der Waals surface area contributed by atoms with Crippen LogP contribution in [0.3, 0.4) is 0 Å². The molecule has 2 aromatic heterocycles. The summed E-state index contributed by atoms with van der Waals surface area (Å²) in [5, 5.41) is 2.72. The van der Waals surface area contributed by atoms with E-state index in [2.05, 4.69) is 10.3 Å². The van der Waals surface area contributed by atoms with Crippen molar-refractivity contribution in [2.45, 2.75) is 19.3 Å². The third-order valence-electron chi connectivity index (χ3n) is 4.62. The number of hydrogen-bond donors (Lipinski definition) is 1. The highest BCUT2D eigenvalue weighted by Gasteiger charge is 2.30. The number of rotatable bonds is 6. The van der Waals surface area contributed by atoms with Crippen molar-refractivity contribution in [1.82, 2.24) is 14.7 Å². The van der Waals surface area contributed by atoms with Gasteiger partial charge in [-0.25, -0.2) is 4.98 Å². The van der Waals surface area contributed by atoms with Gasteiger partial charge in [0.25, 0.3) is 5.91 Å². The number of alkyl halides is 3. The van der Waals surface area contributed by atoms with Crippen LogP contribution in [0.4, 0.5) is 13.2 Å². The van der Waals surface area contributed by atoms with Crippen LogP contribution in [0.5, 0.6) is 5.75 Å². The molecule has 0 aliphatic rings. The average Bonchev–Trinajstić information content (AvgIpc) is 3.19. The lowest BCUT2D eigenvalue weighted by Crippen LogP contribution is -2.22. The summed E-state index contributed by atoms with van der Waals surface area (Å²) in [7, 11) is 0. The second kappa shape index (κ2) is 8.51. The van der Waals surface area contributed by atoms with Gasteiger partial charge in [0.15, 0.2) is 0 Å². The first kappa shape index (κ1) is 20.5. The Balaban J connectivity index is 1.35. The van der Waals surface area contributed by atoms with E-state index in [-0.39, 0.29) is 12.5 Å². The number of aromatic nitrogens is 2. The summed E-state index contributed by atoms with van der Waals surface area (Å²) in [6.45, 7) is 0.518. The summed E-state index contributed by atoms with van der Waals surface area (Å²) >= 11 is 0. The van der Waals surface area contributed by atoms with Crippen LogP contribution in [-0.2, 0) is 19.3 Å². The lowest BCUT2D eigenvalue weighted by molar-refractivity contribution is -0.137. The van der Waals surface area contributed by atoms with Gasteiger partial charge < -0.3 is 14.5 Å². The van der Waals surface area contributed by atoms with Crippen LogP contribution in [0, 0.1) is 0 Å². The van der Waals surface area contributed by atoms with Gasteiger partial charge in [-0.1, -0.05) is 30.3 Å². The highest BCUT2D eigenvalue weighted by Crippen LogP contribution is 2.29. The number of carbonyl (C=O) groups is 1. The van der Waals surface area contributed by atoms with Crippen LogP contribution in [0.25, 0.3) is 5.65 Å². The molecule has 0 fully saturated rings. The van der Waals surface area contributed by atoms with Crippen LogP contribution in [-0.4, -0.2) is 15.3 Å². The van der Waals surface area contributed by atoms with Crippen molar-refractivity contribution in [3.05, 3.63) is 102 Å². The number of nitrogens with zero attached hydrogens (tertiary/aromatic N) is 2. The Morgan fingerprint density at radius 1 is 0.968 bits per heavy atom. The number of nitrogens with one attached hydrogen (secondary N) is 1. The fourth-order valence-electron chi connectivity index (χ4n) is 3.01. The standard InChI is InChI=1S/C23H18F3N3O2/c24-23(25,26)18-8-11-21-28-19(14-29(21)13-18)12-27-22(30)17-6-9-20(10-7-17)31-15-16-4-2-1-3-5-16/h1-11,13-14H,12,15H2,(H,27,30). The molecule has 4 rings (SSSR count). The van der Waals surface area contributed by atoms with Gasteiger partial charge in [0.2, 0.25) is 0 Å². The lowest BCUT2D eigenvalue weighted by Gasteiger charge is -2.07. The fraction of sp³-hybridized carbons (Fsp3) is 0.130. The zero-order chi connectivity index (χ0) is 21.8. The molecule has 158 valence electrons. The zero-order valence-electron chi connectivity index (χ0n) is 16.3. The molecule has 0 aliphatic carbocycles. The monoisotopic (exact) mass is 425 g/mol. The van der Waals surface area contributed by atoms with Crippen molar-refractivity contribution >= 4 is 11.6 Å². The minimum atomic E-state index is -4.43. The Morgan fingerprint density at radius 3 is 2.42 bits per heavy atom. The molecular formula is C23H18F3N3O2. The van der Waals surface area contributed by atoms with Crippen molar-refractivity contribution in [2.24, 2.45) is 0 Å². The molecule has 0 bridgehead atoms. The maximum atomic E-state index is 12.8. The number of benzene rings is 2. The Morgan fingerprint density at radius 2 is 1.71 bits per heavy atom. The van der Waals surface area contributed by atoms with E-state index in [9.17, 15) is 18.0 Å². The van der Waals surface area contributed by atoms with E-state index < -0.39 is 11.7 Å². The minimum absolute atomic E-state index is 0.0914. The number of amides is 1. The molecule has 0 radical (unpaired) electrons. The molecule has 0 unspecified atom stereocenters. The van der Waals surface area contributed by atoms with E-state index in [1.165, 1.54) is 16.7 Å². The van der Waals surface area contributed by atoms with Crippen LogP contribution in [0.15, 0.2) is 79.1 Å². The van der Waals surface area contributed by atoms with Gasteiger partial charge in [0.1, 0.15) is 18.0 Å². The van der Waals surface area contributed by atoms with Gasteiger partial charge in [-0.15, -0.1) is 0 Å². The van der Waals surface area contributed by atoms with Crippen molar-refractivity contribution in [3.8, 4) is 5.75 Å². The van der Waals surface area contributed by atoms with Crippen molar-refractivity contribution < 1.29 is 22.7 Å². The van der Waals surface area contributed by atoms with Gasteiger partial charge in [0.05, 0.1) is 17.8 Å². The number of ether oxygens (including phenoxy) is 1. The first-order valence-electron chi connectivity index (χ1n) is 9.48. The molecule has 8 heteroatoms. The number of pyridine rings is 1. The molecule has 4 aromatic rings. The molecule has 0 atom stereocenters. The van der Waals surface area contributed by atoms with Gasteiger partial charge in [-0.3, -0.25) is 4.79 Å². The van der Waals surface area contributed by atoms with Crippen LogP contribution >= 0.6 is 0 Å². The van der Waals surface area contributed by atoms with Gasteiger partial charge in [0, 0.05) is 18.0 Å². The molecule has 5 nitrogen and oxygen atoms in total. The van der Waals surface area contributed by atoms with E-state index >= 15 is 0 Å². The minimum Gasteiger partial charge on any atom is -0.489 e. The maximum Gasteiger partial charge on any atom is 0.417 e.